The number of alkyl halides is 3. The number of H-pyrrole nitrogens is 1. The smallest absolute Gasteiger partial charge is 0.370 e. The van der Waals surface area contributed by atoms with Gasteiger partial charge in [-0.25, -0.2) is 4.79 Å². The van der Waals surface area contributed by atoms with Gasteiger partial charge in [-0.1, -0.05) is 59.7 Å². The van der Waals surface area contributed by atoms with Gasteiger partial charge >= 0.3 is 11.2 Å². The van der Waals surface area contributed by atoms with Crippen molar-refractivity contribution in [1.82, 2.24) is 19.9 Å². The molecule has 2 heterocycles. The van der Waals surface area contributed by atoms with E-state index < -0.39 is 5.51 Å². The van der Waals surface area contributed by atoms with E-state index in [4.69, 9.17) is 17.2 Å². The fourth-order valence-electron chi connectivity index (χ4n) is 4.83. The number of nitrogens with one attached hydrogen (secondary N) is 2. The lowest BCUT2D eigenvalue weighted by Gasteiger charge is -2.21. The summed E-state index contributed by atoms with van der Waals surface area (Å²) in [4.78, 5) is 24.2. The van der Waals surface area contributed by atoms with Gasteiger partial charge in [0.2, 0.25) is 0 Å². The Morgan fingerprint density at radius 1 is 1.00 bits per heavy atom. The van der Waals surface area contributed by atoms with E-state index in [1.165, 1.54) is 0 Å². The maximum Gasteiger partial charge on any atom is 0.446 e. The van der Waals surface area contributed by atoms with Crippen molar-refractivity contribution in [1.29, 1.82) is 0 Å². The average Bonchev–Trinajstić information content (AvgIpc) is 3.40. The molecule has 0 unspecified atom stereocenters. The van der Waals surface area contributed by atoms with E-state index in [0.29, 0.717) is 18.6 Å². The molecule has 0 spiro atoms. The van der Waals surface area contributed by atoms with Gasteiger partial charge in [-0.15, -0.1) is 0 Å². The molecular formula is C36H51F3N8OS. The molecule has 2 aromatic heterocycles. The predicted molar refractivity (Wildman–Crippen MR) is 196 cm³/mol. The Kier molecular flexibility index (Phi) is 13.5. The number of aliphatic imine (C=N–C) groups is 1. The molecule has 0 aliphatic heterocycles. The number of guanidine groups is 1. The first kappa shape index (κ1) is 39.6. The fourth-order valence-corrected chi connectivity index (χ4v) is 5.49. The molecule has 2 aromatic carbocycles. The summed E-state index contributed by atoms with van der Waals surface area (Å²) in [7, 11) is 0. The predicted octanol–water partition coefficient (Wildman–Crippen LogP) is 6.64. The first-order valence-corrected chi connectivity index (χ1v) is 17.2. The molecule has 9 nitrogen and oxygen atoms in total. The highest BCUT2D eigenvalue weighted by Crippen LogP contribution is 2.39. The zero-order valence-electron chi connectivity index (χ0n) is 29.5. The zero-order chi connectivity index (χ0) is 36.6. The van der Waals surface area contributed by atoms with Crippen molar-refractivity contribution in [2.75, 3.05) is 13.1 Å². The Hall–Kier alpha value is -3.81. The topological polar surface area (TPSA) is 153 Å². The summed E-state index contributed by atoms with van der Waals surface area (Å²) < 4.78 is 39.3. The number of thioether (sulfide) groups is 1. The number of rotatable bonds is 11. The van der Waals surface area contributed by atoms with Crippen LogP contribution in [0.15, 0.2) is 69.4 Å². The Morgan fingerprint density at radius 2 is 1.67 bits per heavy atom. The minimum absolute atomic E-state index is 0.0352. The number of aromatic amines is 1. The Morgan fingerprint density at radius 3 is 2.24 bits per heavy atom. The first-order chi connectivity index (χ1) is 22.7. The van der Waals surface area contributed by atoms with E-state index in [1.807, 2.05) is 64.2 Å². The largest absolute Gasteiger partial charge is 0.446 e. The van der Waals surface area contributed by atoms with E-state index in [0.717, 1.165) is 59.4 Å². The molecule has 1 atom stereocenters. The van der Waals surface area contributed by atoms with Gasteiger partial charge in [-0.2, -0.15) is 18.2 Å². The molecule has 0 bridgehead atoms. The second-order valence-corrected chi connectivity index (χ2v) is 15.5. The number of aromatic nitrogens is 3. The minimum Gasteiger partial charge on any atom is -0.370 e. The van der Waals surface area contributed by atoms with Crippen LogP contribution in [0.4, 0.5) is 13.2 Å². The first-order valence-electron chi connectivity index (χ1n) is 16.4. The quantitative estimate of drug-likeness (QED) is 0.0509. The van der Waals surface area contributed by atoms with Gasteiger partial charge in [-0.05, 0) is 96.9 Å². The van der Waals surface area contributed by atoms with Crippen LogP contribution < -0.4 is 28.2 Å². The van der Waals surface area contributed by atoms with Crippen LogP contribution in [-0.4, -0.2) is 45.1 Å². The summed E-state index contributed by atoms with van der Waals surface area (Å²) in [5, 5.41) is 4.27. The lowest BCUT2D eigenvalue weighted by atomic mass is 9.85. The molecule has 268 valence electrons. The monoisotopic (exact) mass is 700 g/mol. The van der Waals surface area contributed by atoms with Crippen LogP contribution in [0.2, 0.25) is 0 Å². The number of nitrogens with zero attached hydrogens (tertiary/aromatic N) is 3. The Balaban J connectivity index is 0.000000286. The van der Waals surface area contributed by atoms with Crippen LogP contribution >= 0.6 is 11.8 Å². The third kappa shape index (κ3) is 13.2. The van der Waals surface area contributed by atoms with Crippen molar-refractivity contribution in [2.45, 2.75) is 102 Å². The van der Waals surface area contributed by atoms with E-state index in [2.05, 4.69) is 47.1 Å². The summed E-state index contributed by atoms with van der Waals surface area (Å²) in [5.74, 6) is 0.123. The second-order valence-electron chi connectivity index (χ2n) is 14.3. The molecule has 8 N–H and O–H groups in total. The average molecular weight is 701 g/mol. The number of aryl methyl sites for hydroxylation is 1. The van der Waals surface area contributed by atoms with Gasteiger partial charge in [0.15, 0.2) is 5.96 Å². The van der Waals surface area contributed by atoms with Crippen LogP contribution in [0.3, 0.4) is 0 Å². The molecule has 0 saturated carbocycles. The van der Waals surface area contributed by atoms with Crippen LogP contribution in [0.25, 0.3) is 16.7 Å². The number of nitrogens with two attached hydrogens (primary N) is 3. The zero-order valence-corrected chi connectivity index (χ0v) is 30.4. The van der Waals surface area contributed by atoms with Gasteiger partial charge in [0.1, 0.15) is 5.65 Å². The normalized spacial score (nSPS) is 12.8. The van der Waals surface area contributed by atoms with E-state index in [9.17, 15) is 18.0 Å². The lowest BCUT2D eigenvalue weighted by Crippen LogP contribution is -2.23. The van der Waals surface area contributed by atoms with Gasteiger partial charge < -0.3 is 27.5 Å². The van der Waals surface area contributed by atoms with E-state index in [1.54, 1.807) is 16.7 Å². The number of hydrogen-bond donors (Lipinski definition) is 5. The maximum atomic E-state index is 12.6. The summed E-state index contributed by atoms with van der Waals surface area (Å²) in [6.45, 7) is 16.4. The SMILES string of the molecule is CC(C)(C)c1cc2cn(-c3ccc(CNCCCN=C(N)N)cc3)c(=O)nc2[nH]1.C[C@@H](N)CCc1cc(SC(F)(F)F)cc(C(C)(C)C)c1. The number of benzene rings is 2. The van der Waals surface area contributed by atoms with E-state index in [-0.39, 0.29) is 45.2 Å². The second kappa shape index (κ2) is 16.7. The molecule has 0 amide bonds. The molecule has 0 aliphatic rings. The van der Waals surface area contributed by atoms with Crippen molar-refractivity contribution in [3.63, 3.8) is 0 Å². The van der Waals surface area contributed by atoms with Crippen molar-refractivity contribution in [3.05, 3.63) is 87.6 Å². The summed E-state index contributed by atoms with van der Waals surface area (Å²) in [6.07, 6.45) is 4.17. The van der Waals surface area contributed by atoms with E-state index >= 15 is 0 Å². The molecule has 4 rings (SSSR count). The molecule has 49 heavy (non-hydrogen) atoms. The third-order valence-corrected chi connectivity index (χ3v) is 8.32. The highest BCUT2D eigenvalue weighted by Gasteiger charge is 2.30. The molecule has 4 aromatic rings. The standard InChI is InChI=1S/C21H29N7O.C15H22F3NS/c1-21(2,3)17-11-15-13-28(20(29)27-18(15)26-17)16-7-5-14(6-8-16)12-24-9-4-10-25-19(22)23;1-10(19)5-6-11-7-12(14(2,3)4)9-13(8-11)20-15(16,17)18/h5-8,11,13,24H,4,9-10,12H2,1-3H3,(H4,22,23,25)(H,26,27,29);7-10H,5-6,19H2,1-4H3/t;10-/m.1/s1. The number of hydrogen-bond acceptors (Lipinski definition) is 6. The molecule has 0 fully saturated rings. The van der Waals surface area contributed by atoms with Crippen molar-refractivity contribution in [3.8, 4) is 5.69 Å². The summed E-state index contributed by atoms with van der Waals surface area (Å²) in [6, 6.07) is 15.2. The Labute approximate surface area is 291 Å². The van der Waals surface area contributed by atoms with Gasteiger partial charge in [0, 0.05) is 46.7 Å². The highest BCUT2D eigenvalue weighted by molar-refractivity contribution is 8.00. The van der Waals surface area contributed by atoms with Crippen molar-refractivity contribution < 1.29 is 13.2 Å². The number of fused-ring (bicyclic) bond motifs is 1. The Bertz CT molecular complexity index is 1740. The summed E-state index contributed by atoms with van der Waals surface area (Å²) >= 11 is -0.0518. The van der Waals surface area contributed by atoms with Crippen LogP contribution in [0, 0.1) is 0 Å². The summed E-state index contributed by atoms with van der Waals surface area (Å²) in [5.41, 5.74) is 17.0. The lowest BCUT2D eigenvalue weighted by molar-refractivity contribution is -0.0328. The highest BCUT2D eigenvalue weighted by atomic mass is 32.2. The minimum atomic E-state index is -4.26. The fraction of sp³-hybridized carbons (Fsp3) is 0.472. The van der Waals surface area contributed by atoms with Crippen LogP contribution in [0.5, 0.6) is 0 Å². The van der Waals surface area contributed by atoms with Gasteiger partial charge in [-0.3, -0.25) is 9.56 Å². The molecular weight excluding hydrogens is 650 g/mol. The number of halogens is 3. The van der Waals surface area contributed by atoms with Crippen molar-refractivity contribution >= 4 is 28.8 Å². The molecule has 0 aliphatic carbocycles. The van der Waals surface area contributed by atoms with Gasteiger partial charge in [0.25, 0.3) is 0 Å². The molecule has 0 radical (unpaired) electrons. The maximum absolute atomic E-state index is 12.6. The molecule has 0 saturated heterocycles. The molecule has 13 heteroatoms. The van der Waals surface area contributed by atoms with Crippen LogP contribution in [-0.2, 0) is 23.8 Å². The van der Waals surface area contributed by atoms with Crippen molar-refractivity contribution in [2.24, 2.45) is 22.2 Å². The van der Waals surface area contributed by atoms with Gasteiger partial charge in [0.05, 0.1) is 5.69 Å². The van der Waals surface area contributed by atoms with Crippen LogP contribution in [0.1, 0.15) is 83.7 Å². The third-order valence-electron chi connectivity index (χ3n) is 7.62.